The Kier molecular flexibility index (Phi) is 7.72. The van der Waals surface area contributed by atoms with Crippen LogP contribution in [0.4, 0.5) is 4.39 Å². The monoisotopic (exact) mass is 420 g/mol. The minimum atomic E-state index is -0.400. The van der Waals surface area contributed by atoms with Crippen molar-refractivity contribution in [3.8, 4) is 11.5 Å². The maximum atomic E-state index is 14.0. The Bertz CT molecular complexity index is 827. The van der Waals surface area contributed by atoms with Crippen LogP contribution in [-0.4, -0.2) is 37.6 Å². The third-order valence-electron chi connectivity index (χ3n) is 4.97. The lowest BCUT2D eigenvalue weighted by molar-refractivity contribution is -0.127. The number of rotatable bonds is 10. The van der Waals surface area contributed by atoms with Gasteiger partial charge in [0.1, 0.15) is 12.4 Å². The van der Waals surface area contributed by atoms with Crippen LogP contribution in [0.15, 0.2) is 36.4 Å². The lowest BCUT2D eigenvalue weighted by Gasteiger charge is -2.17. The molecule has 1 heterocycles. The summed E-state index contributed by atoms with van der Waals surface area (Å²) in [5.41, 5.74) is 1.23. The van der Waals surface area contributed by atoms with Gasteiger partial charge in [-0.05, 0) is 37.6 Å². The van der Waals surface area contributed by atoms with E-state index < -0.39 is 5.82 Å². The van der Waals surface area contributed by atoms with Crippen molar-refractivity contribution in [1.82, 2.24) is 10.2 Å². The molecule has 0 radical (unpaired) electrons. The van der Waals surface area contributed by atoms with E-state index in [-0.39, 0.29) is 12.5 Å². The van der Waals surface area contributed by atoms with Crippen molar-refractivity contribution in [2.75, 3.05) is 26.7 Å². The molecule has 0 aromatic heterocycles. The average molecular weight is 421 g/mol. The van der Waals surface area contributed by atoms with Gasteiger partial charge in [-0.2, -0.15) is 0 Å². The summed E-state index contributed by atoms with van der Waals surface area (Å²) in [5, 5.41) is 3.71. The van der Waals surface area contributed by atoms with E-state index in [1.54, 1.807) is 25.3 Å². The number of nitrogens with zero attached hydrogens (tertiary/aromatic N) is 1. The van der Waals surface area contributed by atoms with Crippen LogP contribution in [0.25, 0.3) is 0 Å². The summed E-state index contributed by atoms with van der Waals surface area (Å²) in [4.78, 5) is 13.6. The maximum Gasteiger partial charge on any atom is 0.222 e. The summed E-state index contributed by atoms with van der Waals surface area (Å²) in [6.07, 6.45) is 2.52. The predicted molar refractivity (Wildman–Crippen MR) is 111 cm³/mol. The normalized spacial score (nSPS) is 13.8. The van der Waals surface area contributed by atoms with Crippen LogP contribution in [-0.2, 0) is 17.9 Å². The predicted octanol–water partition coefficient (Wildman–Crippen LogP) is 4.17. The molecule has 0 spiro atoms. The number of ether oxygens (including phenoxy) is 2. The molecular weight excluding hydrogens is 395 g/mol. The Morgan fingerprint density at radius 2 is 2.07 bits per heavy atom. The summed E-state index contributed by atoms with van der Waals surface area (Å²) in [7, 11) is 1.57. The van der Waals surface area contributed by atoms with Crippen molar-refractivity contribution >= 4 is 17.5 Å². The number of carbonyl (C=O) groups is 1. The van der Waals surface area contributed by atoms with Gasteiger partial charge in [0, 0.05) is 37.2 Å². The second-order valence-corrected chi connectivity index (χ2v) is 7.36. The smallest absolute Gasteiger partial charge is 0.222 e. The second-order valence-electron chi connectivity index (χ2n) is 6.95. The molecule has 156 valence electrons. The summed E-state index contributed by atoms with van der Waals surface area (Å²) in [5.74, 6) is 1.000. The van der Waals surface area contributed by atoms with Crippen LogP contribution in [0.1, 0.15) is 30.4 Å². The van der Waals surface area contributed by atoms with Crippen molar-refractivity contribution in [3.63, 3.8) is 0 Å². The first kappa shape index (κ1) is 21.4. The zero-order valence-corrected chi connectivity index (χ0v) is 17.3. The third kappa shape index (κ3) is 5.61. The minimum absolute atomic E-state index is 0.00987. The van der Waals surface area contributed by atoms with Gasteiger partial charge < -0.3 is 19.7 Å². The lowest BCUT2D eigenvalue weighted by atomic mass is 10.1. The first-order chi connectivity index (χ1) is 14.1. The molecule has 1 amide bonds. The fourth-order valence-corrected chi connectivity index (χ4v) is 3.62. The van der Waals surface area contributed by atoms with E-state index >= 15 is 0 Å². The molecular formula is C22H26ClFN2O3. The topological polar surface area (TPSA) is 50.8 Å². The molecule has 0 bridgehead atoms. The average Bonchev–Trinajstić information content (AvgIpc) is 3.12. The summed E-state index contributed by atoms with van der Waals surface area (Å²) in [6.45, 7) is 3.01. The lowest BCUT2D eigenvalue weighted by Crippen LogP contribution is -2.28. The third-order valence-corrected chi connectivity index (χ3v) is 5.33. The van der Waals surface area contributed by atoms with Gasteiger partial charge in [-0.3, -0.25) is 4.79 Å². The summed E-state index contributed by atoms with van der Waals surface area (Å²) in [6, 6.07) is 10.2. The zero-order chi connectivity index (χ0) is 20.6. The Balaban J connectivity index is 1.58. The number of para-hydroxylation sites is 1. The first-order valence-electron chi connectivity index (χ1n) is 9.80. The fraction of sp³-hybridized carbons (Fsp3) is 0.409. The number of benzene rings is 2. The Morgan fingerprint density at radius 3 is 2.79 bits per heavy atom. The van der Waals surface area contributed by atoms with Crippen LogP contribution in [0, 0.1) is 5.82 Å². The molecule has 0 unspecified atom stereocenters. The molecule has 5 nitrogen and oxygen atoms in total. The Hall–Kier alpha value is -2.31. The van der Waals surface area contributed by atoms with Gasteiger partial charge in [0.25, 0.3) is 0 Å². The summed E-state index contributed by atoms with van der Waals surface area (Å²) < 4.78 is 25.4. The molecule has 2 aromatic rings. The van der Waals surface area contributed by atoms with E-state index in [1.165, 1.54) is 6.07 Å². The van der Waals surface area contributed by atoms with Crippen LogP contribution in [0.2, 0.25) is 5.02 Å². The molecule has 0 saturated carbocycles. The van der Waals surface area contributed by atoms with E-state index in [0.717, 1.165) is 38.0 Å². The number of carbonyl (C=O) groups excluding carboxylic acids is 1. The molecule has 3 rings (SSSR count). The van der Waals surface area contributed by atoms with Crippen LogP contribution in [0.3, 0.4) is 0 Å². The molecule has 7 heteroatoms. The number of nitrogens with one attached hydrogen (secondary N) is 1. The second kappa shape index (κ2) is 10.5. The Morgan fingerprint density at radius 1 is 1.24 bits per heavy atom. The largest absolute Gasteiger partial charge is 0.493 e. The highest BCUT2D eigenvalue weighted by Crippen LogP contribution is 2.32. The van der Waals surface area contributed by atoms with Gasteiger partial charge in [0.2, 0.25) is 5.91 Å². The van der Waals surface area contributed by atoms with Crippen LogP contribution >= 0.6 is 11.6 Å². The number of halogens is 2. The van der Waals surface area contributed by atoms with E-state index in [1.807, 2.05) is 17.0 Å². The van der Waals surface area contributed by atoms with Gasteiger partial charge in [-0.1, -0.05) is 29.8 Å². The van der Waals surface area contributed by atoms with Gasteiger partial charge in [-0.15, -0.1) is 0 Å². The van der Waals surface area contributed by atoms with E-state index in [0.29, 0.717) is 35.1 Å². The highest BCUT2D eigenvalue weighted by molar-refractivity contribution is 6.31. The SMILES string of the molecule is COc1cccc(CNCCCN2CCCC2=O)c1OCc1c(F)cccc1Cl. The molecule has 2 aromatic carbocycles. The number of methoxy groups -OCH3 is 1. The van der Waals surface area contributed by atoms with E-state index in [9.17, 15) is 9.18 Å². The van der Waals surface area contributed by atoms with Crippen LogP contribution in [0.5, 0.6) is 11.5 Å². The molecule has 1 aliphatic rings. The van der Waals surface area contributed by atoms with Gasteiger partial charge in [-0.25, -0.2) is 4.39 Å². The van der Waals surface area contributed by atoms with E-state index in [2.05, 4.69) is 5.32 Å². The molecule has 1 N–H and O–H groups in total. The molecule has 1 fully saturated rings. The van der Waals surface area contributed by atoms with Crippen LogP contribution < -0.4 is 14.8 Å². The highest BCUT2D eigenvalue weighted by Gasteiger charge is 2.19. The number of hydrogen-bond donors (Lipinski definition) is 1. The molecule has 0 aliphatic carbocycles. The molecule has 29 heavy (non-hydrogen) atoms. The molecule has 1 aliphatic heterocycles. The van der Waals surface area contributed by atoms with Crippen molar-refractivity contribution in [2.24, 2.45) is 0 Å². The minimum Gasteiger partial charge on any atom is -0.493 e. The quantitative estimate of drug-likeness (QED) is 0.586. The molecule has 0 atom stereocenters. The van der Waals surface area contributed by atoms with Gasteiger partial charge in [0.05, 0.1) is 12.1 Å². The van der Waals surface area contributed by atoms with Gasteiger partial charge in [0.15, 0.2) is 11.5 Å². The first-order valence-corrected chi connectivity index (χ1v) is 10.2. The number of amides is 1. The van der Waals surface area contributed by atoms with Crippen molar-refractivity contribution in [2.45, 2.75) is 32.4 Å². The molecule has 1 saturated heterocycles. The number of likely N-dealkylation sites (tertiary alicyclic amines) is 1. The standard InChI is InChI=1S/C22H26ClFN2O3/c1-28-20-9-2-6-16(14-25-11-5-13-26-12-4-10-21(26)27)22(20)29-15-17-18(23)7-3-8-19(17)24/h2-3,6-9,25H,4-5,10-15H2,1H3. The zero-order valence-electron chi connectivity index (χ0n) is 16.5. The summed E-state index contributed by atoms with van der Waals surface area (Å²) >= 11 is 6.10. The maximum absolute atomic E-state index is 14.0. The van der Waals surface area contributed by atoms with Crippen molar-refractivity contribution < 1.29 is 18.7 Å². The van der Waals surface area contributed by atoms with Gasteiger partial charge >= 0.3 is 0 Å². The van der Waals surface area contributed by atoms with Crippen molar-refractivity contribution in [1.29, 1.82) is 0 Å². The van der Waals surface area contributed by atoms with Crippen molar-refractivity contribution in [3.05, 3.63) is 58.4 Å². The highest BCUT2D eigenvalue weighted by atomic mass is 35.5. The fourth-order valence-electron chi connectivity index (χ4n) is 3.40. The number of hydrogen-bond acceptors (Lipinski definition) is 4. The Labute approximate surface area is 175 Å². The van der Waals surface area contributed by atoms with E-state index in [4.69, 9.17) is 21.1 Å².